The summed E-state index contributed by atoms with van der Waals surface area (Å²) in [4.78, 5) is 6.35. The van der Waals surface area contributed by atoms with Gasteiger partial charge in [0.25, 0.3) is 0 Å². The number of aryl methyl sites for hydroxylation is 1. The van der Waals surface area contributed by atoms with E-state index >= 15 is 0 Å². The SMILES string of the molecule is CN=C(NCCCc1ccc(N(C)C)cc1)NCC(C)(C)OC. The van der Waals surface area contributed by atoms with Crippen LogP contribution in [0.4, 0.5) is 5.69 Å². The Kier molecular flexibility index (Phi) is 7.89. The first kappa shape index (κ1) is 19.3. The molecule has 1 aromatic carbocycles. The highest BCUT2D eigenvalue weighted by Crippen LogP contribution is 2.13. The van der Waals surface area contributed by atoms with E-state index in [0.717, 1.165) is 31.9 Å². The molecule has 130 valence electrons. The third-order valence-corrected chi connectivity index (χ3v) is 3.85. The zero-order valence-electron chi connectivity index (χ0n) is 15.4. The van der Waals surface area contributed by atoms with Crippen LogP contribution in [-0.4, -0.2) is 52.9 Å². The summed E-state index contributed by atoms with van der Waals surface area (Å²) in [6, 6.07) is 8.72. The highest BCUT2D eigenvalue weighted by molar-refractivity contribution is 5.79. The first-order valence-electron chi connectivity index (χ1n) is 8.14. The average Bonchev–Trinajstić information content (AvgIpc) is 2.54. The van der Waals surface area contributed by atoms with Crippen molar-refractivity contribution >= 4 is 11.6 Å². The molecule has 5 nitrogen and oxygen atoms in total. The minimum Gasteiger partial charge on any atom is -0.378 e. The van der Waals surface area contributed by atoms with Gasteiger partial charge in [-0.05, 0) is 44.4 Å². The van der Waals surface area contributed by atoms with E-state index in [4.69, 9.17) is 4.74 Å². The summed E-state index contributed by atoms with van der Waals surface area (Å²) >= 11 is 0. The Balaban J connectivity index is 2.30. The number of hydrogen-bond acceptors (Lipinski definition) is 3. The molecule has 0 aromatic heterocycles. The summed E-state index contributed by atoms with van der Waals surface area (Å²) in [5, 5.41) is 6.63. The smallest absolute Gasteiger partial charge is 0.191 e. The molecule has 0 bridgehead atoms. The van der Waals surface area contributed by atoms with Crippen molar-refractivity contribution in [1.29, 1.82) is 0 Å². The van der Waals surface area contributed by atoms with E-state index in [1.165, 1.54) is 11.3 Å². The standard InChI is InChI=1S/C18H32N4O/c1-18(2,23-6)14-21-17(19-3)20-13-7-8-15-9-11-16(12-10-15)22(4)5/h9-12H,7-8,13-14H2,1-6H3,(H2,19,20,21). The lowest BCUT2D eigenvalue weighted by Gasteiger charge is -2.24. The quantitative estimate of drug-likeness (QED) is 0.438. The second kappa shape index (κ2) is 9.40. The van der Waals surface area contributed by atoms with Gasteiger partial charge in [0.1, 0.15) is 0 Å². The number of aliphatic imine (C=N–C) groups is 1. The summed E-state index contributed by atoms with van der Waals surface area (Å²) in [5.41, 5.74) is 2.39. The molecule has 0 radical (unpaired) electrons. The minimum atomic E-state index is -0.203. The first-order valence-corrected chi connectivity index (χ1v) is 8.14. The molecule has 0 unspecified atom stereocenters. The molecule has 0 fully saturated rings. The highest BCUT2D eigenvalue weighted by Gasteiger charge is 2.16. The number of benzene rings is 1. The number of nitrogens with one attached hydrogen (secondary N) is 2. The molecule has 0 amide bonds. The normalized spacial score (nSPS) is 12.2. The molecule has 1 aromatic rings. The molecule has 5 heteroatoms. The molecule has 0 saturated heterocycles. The molecule has 1 rings (SSSR count). The molecular weight excluding hydrogens is 288 g/mol. The van der Waals surface area contributed by atoms with E-state index < -0.39 is 0 Å². The van der Waals surface area contributed by atoms with Crippen molar-refractivity contribution in [3.63, 3.8) is 0 Å². The van der Waals surface area contributed by atoms with Gasteiger partial charge in [-0.3, -0.25) is 4.99 Å². The Labute approximate surface area is 141 Å². The summed E-state index contributed by atoms with van der Waals surface area (Å²) in [7, 11) is 7.62. The predicted octanol–water partition coefficient (Wildman–Crippen LogP) is 2.28. The number of guanidine groups is 1. The van der Waals surface area contributed by atoms with Gasteiger partial charge in [-0.15, -0.1) is 0 Å². The molecule has 0 heterocycles. The average molecular weight is 320 g/mol. The maximum absolute atomic E-state index is 5.39. The van der Waals surface area contributed by atoms with E-state index in [2.05, 4.69) is 58.9 Å². The van der Waals surface area contributed by atoms with Crippen LogP contribution in [0.2, 0.25) is 0 Å². The van der Waals surface area contributed by atoms with Gasteiger partial charge in [0.05, 0.1) is 5.60 Å². The minimum absolute atomic E-state index is 0.203. The zero-order valence-corrected chi connectivity index (χ0v) is 15.4. The van der Waals surface area contributed by atoms with Crippen molar-refractivity contribution in [2.24, 2.45) is 4.99 Å². The number of hydrogen-bond donors (Lipinski definition) is 2. The molecular formula is C18H32N4O. The number of nitrogens with zero attached hydrogens (tertiary/aromatic N) is 2. The Bertz CT molecular complexity index is 480. The van der Waals surface area contributed by atoms with Gasteiger partial charge in [0, 0.05) is 47.0 Å². The second-order valence-electron chi connectivity index (χ2n) is 6.48. The van der Waals surface area contributed by atoms with Crippen molar-refractivity contribution < 1.29 is 4.74 Å². The molecule has 0 spiro atoms. The van der Waals surface area contributed by atoms with Gasteiger partial charge in [0.2, 0.25) is 0 Å². The molecule has 0 saturated carbocycles. The third kappa shape index (κ3) is 7.37. The summed E-state index contributed by atoms with van der Waals surface area (Å²) in [6.45, 7) is 5.70. The van der Waals surface area contributed by atoms with Gasteiger partial charge in [-0.1, -0.05) is 12.1 Å². The van der Waals surface area contributed by atoms with Crippen LogP contribution in [0.5, 0.6) is 0 Å². The molecule has 0 atom stereocenters. The van der Waals surface area contributed by atoms with Crippen LogP contribution < -0.4 is 15.5 Å². The third-order valence-electron chi connectivity index (χ3n) is 3.85. The predicted molar refractivity (Wildman–Crippen MR) is 99.5 cm³/mol. The second-order valence-corrected chi connectivity index (χ2v) is 6.48. The van der Waals surface area contributed by atoms with Crippen molar-refractivity contribution in [3.8, 4) is 0 Å². The van der Waals surface area contributed by atoms with Crippen LogP contribution in [0.15, 0.2) is 29.3 Å². The van der Waals surface area contributed by atoms with Gasteiger partial charge in [-0.25, -0.2) is 0 Å². The number of ether oxygens (including phenoxy) is 1. The van der Waals surface area contributed by atoms with Crippen LogP contribution in [-0.2, 0) is 11.2 Å². The van der Waals surface area contributed by atoms with Crippen molar-refractivity contribution in [2.75, 3.05) is 46.2 Å². The van der Waals surface area contributed by atoms with Gasteiger partial charge in [0.15, 0.2) is 5.96 Å². The van der Waals surface area contributed by atoms with E-state index in [0.29, 0.717) is 0 Å². The van der Waals surface area contributed by atoms with Crippen LogP contribution in [0.1, 0.15) is 25.8 Å². The van der Waals surface area contributed by atoms with E-state index in [1.54, 1.807) is 14.2 Å². The first-order chi connectivity index (χ1) is 10.9. The Morgan fingerprint density at radius 3 is 2.35 bits per heavy atom. The van der Waals surface area contributed by atoms with Gasteiger partial charge in [-0.2, -0.15) is 0 Å². The Morgan fingerprint density at radius 2 is 1.83 bits per heavy atom. The lowest BCUT2D eigenvalue weighted by molar-refractivity contribution is 0.0268. The highest BCUT2D eigenvalue weighted by atomic mass is 16.5. The lowest BCUT2D eigenvalue weighted by atomic mass is 10.1. The maximum atomic E-state index is 5.39. The van der Waals surface area contributed by atoms with Crippen molar-refractivity contribution in [3.05, 3.63) is 29.8 Å². The lowest BCUT2D eigenvalue weighted by Crippen LogP contribution is -2.45. The Hall–Kier alpha value is -1.75. The van der Waals surface area contributed by atoms with Crippen LogP contribution in [0, 0.1) is 0 Å². The summed E-state index contributed by atoms with van der Waals surface area (Å²) < 4.78 is 5.39. The fourth-order valence-corrected chi connectivity index (χ4v) is 2.05. The Morgan fingerprint density at radius 1 is 1.17 bits per heavy atom. The molecule has 0 aliphatic heterocycles. The number of methoxy groups -OCH3 is 1. The number of anilines is 1. The summed E-state index contributed by atoms with van der Waals surface area (Å²) in [6.07, 6.45) is 2.12. The van der Waals surface area contributed by atoms with Crippen LogP contribution in [0.3, 0.4) is 0 Å². The van der Waals surface area contributed by atoms with E-state index in [9.17, 15) is 0 Å². The fraction of sp³-hybridized carbons (Fsp3) is 0.611. The number of rotatable bonds is 8. The largest absolute Gasteiger partial charge is 0.378 e. The van der Waals surface area contributed by atoms with Crippen molar-refractivity contribution in [1.82, 2.24) is 10.6 Å². The fourth-order valence-electron chi connectivity index (χ4n) is 2.05. The monoisotopic (exact) mass is 320 g/mol. The molecule has 2 N–H and O–H groups in total. The molecule has 23 heavy (non-hydrogen) atoms. The van der Waals surface area contributed by atoms with E-state index in [1.807, 2.05) is 13.8 Å². The zero-order chi connectivity index (χ0) is 17.3. The van der Waals surface area contributed by atoms with Gasteiger partial charge >= 0.3 is 0 Å². The summed E-state index contributed by atoms with van der Waals surface area (Å²) in [5.74, 6) is 0.818. The van der Waals surface area contributed by atoms with Crippen molar-refractivity contribution in [2.45, 2.75) is 32.3 Å². The van der Waals surface area contributed by atoms with Crippen LogP contribution >= 0.6 is 0 Å². The van der Waals surface area contributed by atoms with Crippen LogP contribution in [0.25, 0.3) is 0 Å². The topological polar surface area (TPSA) is 48.9 Å². The maximum Gasteiger partial charge on any atom is 0.191 e. The van der Waals surface area contributed by atoms with Gasteiger partial charge < -0.3 is 20.3 Å². The van der Waals surface area contributed by atoms with E-state index in [-0.39, 0.29) is 5.60 Å². The molecule has 0 aliphatic carbocycles. The molecule has 0 aliphatic rings.